The van der Waals surface area contributed by atoms with Crippen molar-refractivity contribution >= 4 is 11.3 Å². The molecule has 2 aliphatic rings. The minimum Gasteiger partial charge on any atom is -0.493 e. The van der Waals surface area contributed by atoms with Crippen LogP contribution in [0.4, 0.5) is 10.1 Å². The van der Waals surface area contributed by atoms with Crippen molar-refractivity contribution in [3.8, 4) is 22.8 Å². The van der Waals surface area contributed by atoms with E-state index in [1.54, 1.807) is 0 Å². The van der Waals surface area contributed by atoms with E-state index in [0.717, 1.165) is 18.8 Å². The summed E-state index contributed by atoms with van der Waals surface area (Å²) < 4.78 is 26.6. The van der Waals surface area contributed by atoms with Gasteiger partial charge in [0.1, 0.15) is 11.5 Å². The number of anilines is 1. The molecule has 1 N–H and O–H groups in total. The zero-order valence-corrected chi connectivity index (χ0v) is 16.9. The molecule has 2 fully saturated rings. The number of ether oxygens (including phenoxy) is 2. The van der Waals surface area contributed by atoms with Gasteiger partial charge in [0.05, 0.1) is 25.6 Å². The van der Waals surface area contributed by atoms with Crippen molar-refractivity contribution in [1.29, 1.82) is 0 Å². The van der Waals surface area contributed by atoms with Gasteiger partial charge in [-0.3, -0.25) is 9.20 Å². The molecule has 0 radical (unpaired) electrons. The monoisotopic (exact) mass is 410 g/mol. The topological polar surface area (TPSA) is 68.1 Å². The number of halogens is 1. The highest BCUT2D eigenvalue weighted by Gasteiger charge is 2.32. The molecule has 4 heterocycles. The van der Waals surface area contributed by atoms with Crippen molar-refractivity contribution in [2.24, 2.45) is 0 Å². The summed E-state index contributed by atoms with van der Waals surface area (Å²) in [6.07, 6.45) is 4.21. The van der Waals surface area contributed by atoms with Crippen LogP contribution in [0.3, 0.4) is 0 Å². The molecule has 30 heavy (non-hydrogen) atoms. The van der Waals surface area contributed by atoms with Gasteiger partial charge in [0.2, 0.25) is 0 Å². The van der Waals surface area contributed by atoms with Crippen molar-refractivity contribution in [2.75, 3.05) is 32.2 Å². The Kier molecular flexibility index (Phi) is 4.58. The van der Waals surface area contributed by atoms with Crippen LogP contribution in [0, 0.1) is 5.82 Å². The van der Waals surface area contributed by atoms with E-state index in [4.69, 9.17) is 9.47 Å². The summed E-state index contributed by atoms with van der Waals surface area (Å²) in [7, 11) is 2.92. The van der Waals surface area contributed by atoms with Crippen LogP contribution in [0.5, 0.6) is 11.5 Å². The number of benzene rings is 1. The van der Waals surface area contributed by atoms with Gasteiger partial charge in [-0.1, -0.05) is 0 Å². The first-order valence-corrected chi connectivity index (χ1v) is 10.0. The largest absolute Gasteiger partial charge is 0.493 e. The van der Waals surface area contributed by atoms with E-state index >= 15 is 0 Å². The Balaban J connectivity index is 1.54. The van der Waals surface area contributed by atoms with Crippen LogP contribution in [0.1, 0.15) is 12.8 Å². The Morgan fingerprint density at radius 3 is 2.47 bits per heavy atom. The van der Waals surface area contributed by atoms with Gasteiger partial charge in [0.25, 0.3) is 5.56 Å². The Morgan fingerprint density at radius 1 is 1.07 bits per heavy atom. The second kappa shape index (κ2) is 7.28. The third-order valence-electron chi connectivity index (χ3n) is 5.97. The van der Waals surface area contributed by atoms with Crippen LogP contribution in [-0.2, 0) is 0 Å². The second-order valence-electron chi connectivity index (χ2n) is 7.83. The second-order valence-corrected chi connectivity index (χ2v) is 7.83. The predicted octanol–water partition coefficient (Wildman–Crippen LogP) is 2.46. The van der Waals surface area contributed by atoms with E-state index in [0.29, 0.717) is 23.5 Å². The minimum atomic E-state index is -0.531. The van der Waals surface area contributed by atoms with Crippen LogP contribution >= 0.6 is 0 Å². The molecule has 0 spiro atoms. The van der Waals surface area contributed by atoms with E-state index in [-0.39, 0.29) is 22.6 Å². The minimum absolute atomic E-state index is 0.190. The fourth-order valence-electron chi connectivity index (χ4n) is 4.47. The van der Waals surface area contributed by atoms with Crippen LogP contribution in [-0.4, -0.2) is 48.8 Å². The number of rotatable bonds is 4. The van der Waals surface area contributed by atoms with Gasteiger partial charge in [0.15, 0.2) is 11.5 Å². The Bertz CT molecular complexity index is 1170. The zero-order chi connectivity index (χ0) is 20.8. The van der Waals surface area contributed by atoms with Gasteiger partial charge in [-0.25, -0.2) is 9.37 Å². The molecule has 2 saturated heterocycles. The Labute approximate surface area is 173 Å². The smallest absolute Gasteiger partial charge is 0.258 e. The van der Waals surface area contributed by atoms with Gasteiger partial charge >= 0.3 is 0 Å². The molecule has 0 aliphatic carbocycles. The number of nitrogens with one attached hydrogen (secondary N) is 1. The maximum Gasteiger partial charge on any atom is 0.258 e. The molecule has 2 aliphatic heterocycles. The lowest BCUT2D eigenvalue weighted by Crippen LogP contribution is -2.51. The highest BCUT2D eigenvalue weighted by Crippen LogP contribution is 2.34. The number of hydrogen-bond acceptors (Lipinski definition) is 6. The fraction of sp³-hybridized carbons (Fsp3) is 0.364. The molecular weight excluding hydrogens is 387 g/mol. The summed E-state index contributed by atoms with van der Waals surface area (Å²) in [4.78, 5) is 19.7. The average Bonchev–Trinajstić information content (AvgIpc) is 3.10. The maximum atomic E-state index is 14.7. The van der Waals surface area contributed by atoms with Crippen molar-refractivity contribution in [2.45, 2.75) is 24.9 Å². The number of piperazine rings is 1. The molecule has 3 aromatic rings. The molecule has 5 rings (SSSR count). The number of methoxy groups -OCH3 is 2. The number of fused-ring (bicyclic) bond motifs is 3. The van der Waals surface area contributed by atoms with Crippen molar-refractivity contribution in [3.63, 3.8) is 0 Å². The lowest BCUT2D eigenvalue weighted by Gasteiger charge is -2.34. The van der Waals surface area contributed by atoms with Crippen LogP contribution in [0.2, 0.25) is 0 Å². The third-order valence-corrected chi connectivity index (χ3v) is 5.97. The zero-order valence-electron chi connectivity index (χ0n) is 16.9. The third kappa shape index (κ3) is 3.17. The van der Waals surface area contributed by atoms with Crippen LogP contribution in [0.15, 0.2) is 41.3 Å². The molecule has 1 aromatic carbocycles. The summed E-state index contributed by atoms with van der Waals surface area (Å²) in [5, 5.41) is 3.61. The van der Waals surface area contributed by atoms with Crippen molar-refractivity contribution in [3.05, 3.63) is 52.7 Å². The SMILES string of the molecule is COc1cc(F)c(-c2cc(=O)n3cc(N4CC5CCC(C4)N5)ccc3n2)cc1OC. The van der Waals surface area contributed by atoms with Gasteiger partial charge in [0, 0.05) is 49.1 Å². The van der Waals surface area contributed by atoms with E-state index in [1.165, 1.54) is 49.7 Å². The van der Waals surface area contributed by atoms with Gasteiger partial charge in [-0.2, -0.15) is 0 Å². The number of hydrogen-bond donors (Lipinski definition) is 1. The van der Waals surface area contributed by atoms with E-state index in [1.807, 2.05) is 18.3 Å². The van der Waals surface area contributed by atoms with E-state index in [2.05, 4.69) is 15.2 Å². The van der Waals surface area contributed by atoms with E-state index < -0.39 is 5.82 Å². The van der Waals surface area contributed by atoms with Gasteiger partial charge < -0.3 is 19.7 Å². The molecule has 2 bridgehead atoms. The lowest BCUT2D eigenvalue weighted by atomic mass is 10.1. The highest BCUT2D eigenvalue weighted by atomic mass is 19.1. The molecule has 0 saturated carbocycles. The number of aromatic nitrogens is 2. The van der Waals surface area contributed by atoms with Crippen LogP contribution < -0.4 is 25.2 Å². The van der Waals surface area contributed by atoms with Gasteiger partial charge in [-0.15, -0.1) is 0 Å². The molecule has 7 nitrogen and oxygen atoms in total. The standard InChI is InChI=1S/C22H23FN4O3/c1-29-19-7-16(17(23)8-20(19)30-2)18-9-22(28)27-12-15(5-6-21(27)25-18)26-10-13-3-4-14(11-26)24-13/h5-9,12-14,24H,3-4,10-11H2,1-2H3. The first-order valence-electron chi connectivity index (χ1n) is 10.0. The summed E-state index contributed by atoms with van der Waals surface area (Å²) in [6, 6.07) is 8.87. The molecule has 2 aromatic heterocycles. The summed E-state index contributed by atoms with van der Waals surface area (Å²) in [6.45, 7) is 1.86. The molecular formula is C22H23FN4O3. The summed E-state index contributed by atoms with van der Waals surface area (Å²) >= 11 is 0. The summed E-state index contributed by atoms with van der Waals surface area (Å²) in [5.74, 6) is 0.127. The first kappa shape index (κ1) is 18.9. The molecule has 8 heteroatoms. The number of pyridine rings is 1. The number of nitrogens with zero attached hydrogens (tertiary/aromatic N) is 3. The molecule has 2 atom stereocenters. The quantitative estimate of drug-likeness (QED) is 0.713. The molecule has 0 amide bonds. The van der Waals surface area contributed by atoms with Crippen LogP contribution in [0.25, 0.3) is 16.9 Å². The normalized spacial score (nSPS) is 20.6. The first-order chi connectivity index (χ1) is 14.6. The molecule has 156 valence electrons. The maximum absolute atomic E-state index is 14.7. The fourth-order valence-corrected chi connectivity index (χ4v) is 4.47. The highest BCUT2D eigenvalue weighted by molar-refractivity contribution is 5.67. The predicted molar refractivity (Wildman–Crippen MR) is 112 cm³/mol. The van der Waals surface area contributed by atoms with E-state index in [9.17, 15) is 9.18 Å². The Hall–Kier alpha value is -3.13. The molecule has 2 unspecified atom stereocenters. The lowest BCUT2D eigenvalue weighted by molar-refractivity contribution is 0.352. The average molecular weight is 410 g/mol. The van der Waals surface area contributed by atoms with Gasteiger partial charge in [-0.05, 0) is 31.0 Å². The van der Waals surface area contributed by atoms with Crippen molar-refractivity contribution in [1.82, 2.24) is 14.7 Å². The van der Waals surface area contributed by atoms with Crippen molar-refractivity contribution < 1.29 is 13.9 Å². The summed E-state index contributed by atoms with van der Waals surface area (Å²) in [5.41, 5.74) is 1.65. The Morgan fingerprint density at radius 2 is 1.77 bits per heavy atom.